The molecule has 1 aromatic heterocycles. The topological polar surface area (TPSA) is 26.0 Å². The molecule has 0 spiro atoms. The number of ether oxygens (including phenoxy) is 1. The van der Waals surface area contributed by atoms with Crippen molar-refractivity contribution in [3.05, 3.63) is 53.9 Å². The Labute approximate surface area is 166 Å². The largest absolute Gasteiger partial charge is 0.456 e. The number of nitrogens with zero attached hydrogens (tertiary/aromatic N) is 2. The molecule has 0 bridgehead atoms. The van der Waals surface area contributed by atoms with E-state index in [1.165, 1.54) is 38.3 Å². The maximum atomic E-state index is 6.54. The summed E-state index contributed by atoms with van der Waals surface area (Å²) in [6.45, 7) is 11.4. The molecule has 1 aliphatic rings. The number of hydrogen-bond donors (Lipinski definition) is 0. The molecule has 1 aliphatic heterocycles. The van der Waals surface area contributed by atoms with Gasteiger partial charge in [-0.15, -0.1) is 0 Å². The summed E-state index contributed by atoms with van der Waals surface area (Å²) in [7, 11) is 0.590. The van der Waals surface area contributed by atoms with E-state index >= 15 is 0 Å². The smallest absolute Gasteiger partial charge is 0.287 e. The first-order valence-corrected chi connectivity index (χ1v) is 13.3. The Morgan fingerprint density at radius 3 is 2.50 bits per heavy atom. The van der Waals surface area contributed by atoms with E-state index in [4.69, 9.17) is 9.72 Å². The van der Waals surface area contributed by atoms with E-state index in [9.17, 15) is 0 Å². The maximum Gasteiger partial charge on any atom is 0.287 e. The molecule has 5 rings (SSSR count). The lowest BCUT2D eigenvalue weighted by atomic mass is 9.92. The molecule has 0 fully saturated rings. The van der Waals surface area contributed by atoms with Crippen LogP contribution in [0.15, 0.2) is 42.7 Å². The quantitative estimate of drug-likeness (QED) is 0.295. The van der Waals surface area contributed by atoms with Crippen molar-refractivity contribution < 1.29 is 9.30 Å². The first-order valence-electron chi connectivity index (χ1n) is 9.79. The Bertz CT molecular complexity index is 1300. The molecule has 4 heteroatoms. The zero-order valence-electron chi connectivity index (χ0n) is 17.3. The maximum absolute atomic E-state index is 6.54. The van der Waals surface area contributed by atoms with Crippen LogP contribution in [0.4, 0.5) is 0 Å². The highest BCUT2D eigenvalue weighted by Crippen LogP contribution is 2.47. The van der Waals surface area contributed by atoms with Crippen molar-refractivity contribution in [1.82, 2.24) is 4.98 Å². The van der Waals surface area contributed by atoms with E-state index in [1.807, 2.05) is 6.33 Å². The average Bonchev–Trinajstić information content (AvgIpc) is 2.62. The highest BCUT2D eigenvalue weighted by atomic mass is 28.3. The third-order valence-electron chi connectivity index (χ3n) is 5.88. The Balaban J connectivity index is 1.92. The molecule has 0 saturated heterocycles. The molecule has 0 saturated carbocycles. The van der Waals surface area contributed by atoms with Gasteiger partial charge >= 0.3 is 0 Å². The Hall–Kier alpha value is -2.72. The molecule has 3 nitrogen and oxygen atoms in total. The first kappa shape index (κ1) is 17.4. The van der Waals surface area contributed by atoms with Gasteiger partial charge in [0.1, 0.15) is 16.9 Å². The lowest BCUT2D eigenvalue weighted by Crippen LogP contribution is -2.38. The van der Waals surface area contributed by atoms with Gasteiger partial charge in [-0.05, 0) is 53.4 Å². The summed E-state index contributed by atoms with van der Waals surface area (Å²) in [5.74, 6) is 1.88. The normalized spacial score (nSPS) is 12.9. The van der Waals surface area contributed by atoms with E-state index in [-0.39, 0.29) is 0 Å². The van der Waals surface area contributed by atoms with Crippen LogP contribution in [0.3, 0.4) is 0 Å². The van der Waals surface area contributed by atoms with Crippen LogP contribution in [-0.2, 0) is 7.05 Å². The summed E-state index contributed by atoms with van der Waals surface area (Å²) in [5, 5.41) is 5.00. The van der Waals surface area contributed by atoms with Gasteiger partial charge in [0.2, 0.25) is 0 Å². The Morgan fingerprint density at radius 2 is 1.75 bits per heavy atom. The minimum absolute atomic E-state index is 0.938. The van der Waals surface area contributed by atoms with E-state index in [1.54, 1.807) is 0 Å². The fourth-order valence-electron chi connectivity index (χ4n) is 4.31. The summed E-state index contributed by atoms with van der Waals surface area (Å²) < 4.78 is 8.67. The molecule has 2 heterocycles. The van der Waals surface area contributed by atoms with Crippen molar-refractivity contribution in [1.29, 1.82) is 0 Å². The van der Waals surface area contributed by atoms with Crippen LogP contribution >= 0.6 is 0 Å². The summed E-state index contributed by atoms with van der Waals surface area (Å²) in [5.41, 5.74) is 5.93. The average molecular weight is 386 g/mol. The molecule has 0 atom stereocenters. The van der Waals surface area contributed by atoms with E-state index in [0.29, 0.717) is 0 Å². The number of hydrogen-bond acceptors (Lipinski definition) is 2. The monoisotopic (exact) mass is 385 g/mol. The van der Waals surface area contributed by atoms with E-state index in [0.717, 1.165) is 22.4 Å². The van der Waals surface area contributed by atoms with Crippen LogP contribution in [0.1, 0.15) is 11.1 Å². The third kappa shape index (κ3) is 2.41. The van der Waals surface area contributed by atoms with Gasteiger partial charge in [-0.1, -0.05) is 48.6 Å². The molecule has 0 aliphatic carbocycles. The molecule has 0 radical (unpaired) electrons. The molecular weight excluding hydrogens is 360 g/mol. The molecular formula is C24H25N2OSi+. The summed E-state index contributed by atoms with van der Waals surface area (Å²) in [6, 6.07) is 13.4. The van der Waals surface area contributed by atoms with E-state index < -0.39 is 8.07 Å². The second-order valence-electron chi connectivity index (χ2n) is 9.02. The minimum atomic E-state index is -1.49. The second kappa shape index (κ2) is 5.64. The van der Waals surface area contributed by atoms with Gasteiger partial charge in [-0.2, -0.15) is 0 Å². The SMILES string of the molecule is Cc1ccc2c(C)c3c(cc2c1)Oc1cc([Si](C)(C)C)cc2nc[n+](C)c-3c12. The van der Waals surface area contributed by atoms with E-state index in [2.05, 4.69) is 81.5 Å². The van der Waals surface area contributed by atoms with Crippen LogP contribution in [0.5, 0.6) is 11.5 Å². The second-order valence-corrected chi connectivity index (χ2v) is 14.1. The molecule has 0 amide bonds. The van der Waals surface area contributed by atoms with Gasteiger partial charge in [0.05, 0.1) is 20.7 Å². The molecule has 28 heavy (non-hydrogen) atoms. The van der Waals surface area contributed by atoms with Gasteiger partial charge in [0.15, 0.2) is 11.2 Å². The highest BCUT2D eigenvalue weighted by molar-refractivity contribution is 6.88. The summed E-state index contributed by atoms with van der Waals surface area (Å²) in [4.78, 5) is 4.74. The van der Waals surface area contributed by atoms with Gasteiger partial charge in [0, 0.05) is 0 Å². The van der Waals surface area contributed by atoms with Crippen molar-refractivity contribution in [2.75, 3.05) is 0 Å². The third-order valence-corrected chi connectivity index (χ3v) is 7.90. The Morgan fingerprint density at radius 1 is 0.964 bits per heavy atom. The minimum Gasteiger partial charge on any atom is -0.456 e. The van der Waals surface area contributed by atoms with Crippen LogP contribution in [-0.4, -0.2) is 13.1 Å². The van der Waals surface area contributed by atoms with Crippen LogP contribution < -0.4 is 14.5 Å². The molecule has 0 N–H and O–H groups in total. The molecule has 140 valence electrons. The zero-order chi connectivity index (χ0) is 19.8. The Kier molecular flexibility index (Phi) is 3.50. The molecule has 4 aromatic rings. The van der Waals surface area contributed by atoms with Crippen LogP contribution in [0, 0.1) is 13.8 Å². The predicted molar refractivity (Wildman–Crippen MR) is 118 cm³/mol. The van der Waals surface area contributed by atoms with Gasteiger partial charge in [0.25, 0.3) is 6.33 Å². The lowest BCUT2D eigenvalue weighted by Gasteiger charge is -2.24. The number of aryl methyl sites for hydroxylation is 3. The number of fused-ring (bicyclic) bond motifs is 3. The van der Waals surface area contributed by atoms with Crippen molar-refractivity contribution in [2.24, 2.45) is 7.05 Å². The van der Waals surface area contributed by atoms with Gasteiger partial charge in [-0.3, -0.25) is 0 Å². The summed E-state index contributed by atoms with van der Waals surface area (Å²) in [6.07, 6.45) is 1.93. The highest BCUT2D eigenvalue weighted by Gasteiger charge is 2.31. The standard InChI is InChI=1S/C24H25N2OSi/c1-14-7-8-18-15(2)22-20(10-16(18)9-14)27-21-12-17(28(4,5)6)11-19-23(21)24(22)26(3)13-25-19/h7-13H,1-6H3/q+1. The number of rotatable bonds is 1. The molecule has 0 unspecified atom stereocenters. The van der Waals surface area contributed by atoms with Crippen LogP contribution in [0.25, 0.3) is 32.9 Å². The number of aromatic nitrogens is 2. The molecule has 3 aromatic carbocycles. The van der Waals surface area contributed by atoms with Crippen molar-refractivity contribution in [3.8, 4) is 22.8 Å². The van der Waals surface area contributed by atoms with Crippen molar-refractivity contribution >= 4 is 34.9 Å². The van der Waals surface area contributed by atoms with Gasteiger partial charge in [-0.25, -0.2) is 4.57 Å². The fourth-order valence-corrected chi connectivity index (χ4v) is 5.44. The summed E-state index contributed by atoms with van der Waals surface area (Å²) >= 11 is 0. The zero-order valence-corrected chi connectivity index (χ0v) is 18.3. The fraction of sp³-hybridized carbons (Fsp3) is 0.250. The lowest BCUT2D eigenvalue weighted by molar-refractivity contribution is -0.662. The first-order chi connectivity index (χ1) is 13.2. The van der Waals surface area contributed by atoms with Crippen molar-refractivity contribution in [3.63, 3.8) is 0 Å². The van der Waals surface area contributed by atoms with Crippen LogP contribution in [0.2, 0.25) is 19.6 Å². The van der Waals surface area contributed by atoms with Gasteiger partial charge < -0.3 is 4.74 Å². The van der Waals surface area contributed by atoms with Crippen molar-refractivity contribution in [2.45, 2.75) is 33.5 Å². The number of benzene rings is 3. The predicted octanol–water partition coefficient (Wildman–Crippen LogP) is 5.15.